The Labute approximate surface area is 195 Å². The molecule has 31 heavy (non-hydrogen) atoms. The maximum Gasteiger partial charge on any atom is 0.234 e. The lowest BCUT2D eigenvalue weighted by molar-refractivity contribution is -0.124. The van der Waals surface area contributed by atoms with Crippen molar-refractivity contribution < 1.29 is 14.0 Å². The largest absolute Gasteiger partial charge is 0.350 e. The van der Waals surface area contributed by atoms with Gasteiger partial charge in [-0.15, -0.1) is 0 Å². The molecule has 2 rings (SSSR count). The molecular formula is C20H27B4ClFN3O2. The zero-order valence-electron chi connectivity index (χ0n) is 18.5. The van der Waals surface area contributed by atoms with Crippen molar-refractivity contribution in [3.63, 3.8) is 0 Å². The third-order valence-corrected chi connectivity index (χ3v) is 4.82. The molecule has 2 N–H and O–H groups in total. The van der Waals surface area contributed by atoms with E-state index in [1.807, 2.05) is 25.7 Å². The molecule has 0 spiro atoms. The monoisotopic (exact) mass is 439 g/mol. The molecule has 1 aliphatic rings. The second kappa shape index (κ2) is 11.1. The van der Waals surface area contributed by atoms with Crippen LogP contribution in [0, 0.1) is 11.7 Å². The minimum atomic E-state index is -1.05. The van der Waals surface area contributed by atoms with Crippen LogP contribution in [-0.2, 0) is 4.79 Å². The molecule has 11 heteroatoms. The van der Waals surface area contributed by atoms with Gasteiger partial charge in [0, 0.05) is 16.1 Å². The van der Waals surface area contributed by atoms with Gasteiger partial charge in [-0.2, -0.15) is 0 Å². The Morgan fingerprint density at radius 1 is 1.23 bits per heavy atom. The molecule has 5 nitrogen and oxygen atoms in total. The molecule has 0 bridgehead atoms. The van der Waals surface area contributed by atoms with Crippen molar-refractivity contribution in [1.82, 2.24) is 15.5 Å². The van der Waals surface area contributed by atoms with Crippen LogP contribution in [0.3, 0.4) is 0 Å². The Kier molecular flexibility index (Phi) is 9.92. The molecule has 1 saturated heterocycles. The molecule has 0 saturated carbocycles. The Balaban J connectivity index is 0.000000399. The smallest absolute Gasteiger partial charge is 0.234 e. The normalized spacial score (nSPS) is 18.5. The summed E-state index contributed by atoms with van der Waals surface area (Å²) in [6.07, 6.45) is 0.551. The lowest BCUT2D eigenvalue weighted by Gasteiger charge is -2.55. The molecule has 160 valence electrons. The minimum absolute atomic E-state index is 0.0961. The summed E-state index contributed by atoms with van der Waals surface area (Å²) in [6.45, 7) is 7.22. The molecular weight excluding hydrogens is 412 g/mol. The number of nitrogens with one attached hydrogen (secondary N) is 2. The number of hydrogen-bond acceptors (Lipinski definition) is 4. The van der Waals surface area contributed by atoms with E-state index in [0.29, 0.717) is 25.9 Å². The number of carbonyl (C=O) groups is 2. The van der Waals surface area contributed by atoms with Gasteiger partial charge in [0.15, 0.2) is 0 Å². The zero-order chi connectivity index (χ0) is 24.0. The van der Waals surface area contributed by atoms with Gasteiger partial charge in [0.25, 0.3) is 0 Å². The number of carbonyl (C=O) groups excluding carboxylic acids is 2. The van der Waals surface area contributed by atoms with Gasteiger partial charge < -0.3 is 10.6 Å². The van der Waals surface area contributed by atoms with Gasteiger partial charge in [-0.25, -0.2) is 4.39 Å². The number of benzene rings is 1. The first-order chi connectivity index (χ1) is 14.1. The van der Waals surface area contributed by atoms with E-state index in [4.69, 9.17) is 43.0 Å². The molecule has 0 unspecified atom stereocenters. The molecule has 1 aliphatic heterocycles. The molecule has 1 fully saturated rings. The van der Waals surface area contributed by atoms with E-state index in [1.54, 1.807) is 7.05 Å². The number of hydrogen-bond donors (Lipinski definition) is 2. The summed E-state index contributed by atoms with van der Waals surface area (Å²) in [4.78, 5) is 23.9. The molecule has 0 atom stereocenters. The predicted molar refractivity (Wildman–Crippen MR) is 127 cm³/mol. The fourth-order valence-electron chi connectivity index (χ4n) is 3.55. The topological polar surface area (TPSA) is 61.4 Å². The van der Waals surface area contributed by atoms with Crippen LogP contribution >= 0.6 is 11.6 Å². The summed E-state index contributed by atoms with van der Waals surface area (Å²) in [5, 5.41) is 4.06. The third kappa shape index (κ3) is 9.42. The van der Waals surface area contributed by atoms with Gasteiger partial charge in [-0.05, 0) is 71.6 Å². The SMILES string of the molecule is O=Cc1cc(F)cc(Cl)c1.[B]C1([B])CN(CC(=O)NC(C)(C)C)CC([B])([B])C1CNC. The fraction of sp³-hybridized carbons (Fsp3) is 0.600. The zero-order valence-corrected chi connectivity index (χ0v) is 19.3. The van der Waals surface area contributed by atoms with Crippen LogP contribution in [-0.4, -0.2) is 87.2 Å². The quantitative estimate of drug-likeness (QED) is 0.536. The van der Waals surface area contributed by atoms with Gasteiger partial charge in [0.05, 0.1) is 37.9 Å². The first kappa shape index (κ1) is 27.8. The lowest BCUT2D eigenvalue weighted by atomic mass is 9.33. The number of piperidine rings is 1. The van der Waals surface area contributed by atoms with Gasteiger partial charge >= 0.3 is 0 Å². The van der Waals surface area contributed by atoms with E-state index in [1.165, 1.54) is 6.07 Å². The van der Waals surface area contributed by atoms with Gasteiger partial charge in [0.1, 0.15) is 12.1 Å². The number of likely N-dealkylation sites (tertiary alicyclic amines) is 1. The van der Waals surface area contributed by atoms with Gasteiger partial charge in [-0.1, -0.05) is 22.0 Å². The van der Waals surface area contributed by atoms with Crippen LogP contribution < -0.4 is 10.6 Å². The van der Waals surface area contributed by atoms with Crippen molar-refractivity contribution >= 4 is 55.2 Å². The van der Waals surface area contributed by atoms with Crippen molar-refractivity contribution in [1.29, 1.82) is 0 Å². The number of rotatable bonds is 5. The number of halogens is 2. The van der Waals surface area contributed by atoms with Crippen molar-refractivity contribution in [3.05, 3.63) is 34.6 Å². The molecule has 1 aromatic rings. The Morgan fingerprint density at radius 2 is 1.77 bits per heavy atom. The van der Waals surface area contributed by atoms with Crippen LogP contribution in [0.15, 0.2) is 18.2 Å². The van der Waals surface area contributed by atoms with E-state index in [9.17, 15) is 14.0 Å². The molecule has 1 aromatic carbocycles. The van der Waals surface area contributed by atoms with E-state index >= 15 is 0 Å². The van der Waals surface area contributed by atoms with Gasteiger partial charge in [-0.3, -0.25) is 14.5 Å². The Bertz CT molecular complexity index is 737. The molecule has 0 aliphatic carbocycles. The summed E-state index contributed by atoms with van der Waals surface area (Å²) in [5.41, 5.74) is -0.0305. The second-order valence-corrected chi connectivity index (χ2v) is 9.54. The first-order valence-electron chi connectivity index (χ1n) is 9.84. The highest BCUT2D eigenvalue weighted by Crippen LogP contribution is 2.47. The highest BCUT2D eigenvalue weighted by molar-refractivity contribution is 6.45. The van der Waals surface area contributed by atoms with Crippen molar-refractivity contribution in [3.8, 4) is 0 Å². The standard InChI is InChI=1S/C13H23B4N3O.C7H4ClFO/c1-11(2,3)19-10(21)6-20-7-12(14,15)9(5-18-4)13(16,17)8-20;8-6-1-5(4-10)2-7(9)3-6/h9,18H,5-8H2,1-4H3,(H,19,21);1-4H. The van der Waals surface area contributed by atoms with Gasteiger partial charge in [0.2, 0.25) is 5.91 Å². The highest BCUT2D eigenvalue weighted by atomic mass is 35.5. The van der Waals surface area contributed by atoms with E-state index in [2.05, 4.69) is 10.6 Å². The van der Waals surface area contributed by atoms with Crippen LogP contribution in [0.5, 0.6) is 0 Å². The van der Waals surface area contributed by atoms with Crippen molar-refractivity contribution in [2.45, 2.75) is 36.7 Å². The maximum absolute atomic E-state index is 12.4. The summed E-state index contributed by atoms with van der Waals surface area (Å²) < 4.78 is 12.4. The van der Waals surface area contributed by atoms with E-state index < -0.39 is 16.2 Å². The van der Waals surface area contributed by atoms with Crippen LogP contribution in [0.25, 0.3) is 0 Å². The minimum Gasteiger partial charge on any atom is -0.350 e. The number of aldehydes is 1. The highest BCUT2D eigenvalue weighted by Gasteiger charge is 2.44. The summed E-state index contributed by atoms with van der Waals surface area (Å²) in [6, 6.07) is 3.67. The Morgan fingerprint density at radius 3 is 2.19 bits per heavy atom. The van der Waals surface area contributed by atoms with Crippen LogP contribution in [0.1, 0.15) is 31.1 Å². The van der Waals surface area contributed by atoms with Crippen molar-refractivity contribution in [2.75, 3.05) is 33.2 Å². The lowest BCUT2D eigenvalue weighted by Crippen LogP contribution is -2.58. The summed E-state index contributed by atoms with van der Waals surface area (Å²) >= 11 is 5.43. The summed E-state index contributed by atoms with van der Waals surface area (Å²) in [5.74, 6) is -0.868. The average Bonchev–Trinajstić information content (AvgIpc) is 2.55. The molecule has 8 radical (unpaired) electrons. The number of amides is 1. The third-order valence-electron chi connectivity index (χ3n) is 4.60. The summed E-state index contributed by atoms with van der Waals surface area (Å²) in [7, 11) is 26.5. The predicted octanol–water partition coefficient (Wildman–Crippen LogP) is 1.25. The molecule has 1 heterocycles. The van der Waals surface area contributed by atoms with Crippen molar-refractivity contribution in [2.24, 2.45) is 5.92 Å². The molecule has 0 aromatic heterocycles. The number of nitrogens with zero attached hydrogens (tertiary/aromatic N) is 1. The second-order valence-electron chi connectivity index (χ2n) is 9.10. The van der Waals surface area contributed by atoms with Crippen LogP contribution in [0.2, 0.25) is 15.5 Å². The van der Waals surface area contributed by atoms with Crippen LogP contribution in [0.4, 0.5) is 4.39 Å². The fourth-order valence-corrected chi connectivity index (χ4v) is 3.78. The first-order valence-corrected chi connectivity index (χ1v) is 10.2. The van der Waals surface area contributed by atoms with E-state index in [-0.39, 0.29) is 34.5 Å². The Hall–Kier alpha value is -1.24. The maximum atomic E-state index is 12.4. The average molecular weight is 439 g/mol. The van der Waals surface area contributed by atoms with E-state index in [0.717, 1.165) is 12.1 Å². The molecule has 1 amide bonds.